The second kappa shape index (κ2) is 14.0. The smallest absolute Gasteiger partial charge is 0.242 e. The molecule has 5 rings (SSSR count). The maximum atomic E-state index is 14.3. The number of amides is 4. The molecular formula is C32H38F2N4O5. The van der Waals surface area contributed by atoms with Gasteiger partial charge in [0.15, 0.2) is 0 Å². The quantitative estimate of drug-likeness (QED) is 0.585. The maximum absolute atomic E-state index is 14.3. The van der Waals surface area contributed by atoms with Crippen LogP contribution in [0.25, 0.3) is 0 Å². The van der Waals surface area contributed by atoms with E-state index < -0.39 is 17.7 Å². The first-order valence-corrected chi connectivity index (χ1v) is 15.1. The second-order valence-corrected chi connectivity index (χ2v) is 11.6. The molecule has 3 aliphatic heterocycles. The van der Waals surface area contributed by atoms with Crippen LogP contribution in [0, 0.1) is 11.6 Å². The van der Waals surface area contributed by atoms with Crippen molar-refractivity contribution in [3.05, 3.63) is 65.2 Å². The molecule has 3 heterocycles. The van der Waals surface area contributed by atoms with E-state index in [-0.39, 0.29) is 67.7 Å². The Labute approximate surface area is 250 Å². The molecule has 2 saturated heterocycles. The molecule has 0 radical (unpaired) electrons. The van der Waals surface area contributed by atoms with E-state index in [0.29, 0.717) is 44.7 Å². The first-order valence-electron chi connectivity index (χ1n) is 15.1. The Hall–Kier alpha value is -4.02. The van der Waals surface area contributed by atoms with Crippen molar-refractivity contribution in [1.29, 1.82) is 0 Å². The number of nitrogens with one attached hydrogen (secondary N) is 1. The van der Waals surface area contributed by atoms with Crippen molar-refractivity contribution in [2.75, 3.05) is 45.9 Å². The number of hydrogen-bond acceptors (Lipinski definition) is 5. The number of nitrogens with zero attached hydrogens (tertiary/aromatic N) is 3. The highest BCUT2D eigenvalue weighted by Gasteiger charge is 2.38. The lowest BCUT2D eigenvalue weighted by Gasteiger charge is -2.28. The van der Waals surface area contributed by atoms with E-state index in [1.807, 2.05) is 24.3 Å². The summed E-state index contributed by atoms with van der Waals surface area (Å²) in [6, 6.07) is 10.2. The van der Waals surface area contributed by atoms with Gasteiger partial charge in [-0.2, -0.15) is 0 Å². The highest BCUT2D eigenvalue weighted by molar-refractivity contribution is 5.88. The zero-order valence-electron chi connectivity index (χ0n) is 24.2. The molecule has 2 aromatic rings. The number of rotatable bonds is 4. The molecule has 0 saturated carbocycles. The molecule has 2 bridgehead atoms. The van der Waals surface area contributed by atoms with Gasteiger partial charge in [-0.05, 0) is 55.0 Å². The van der Waals surface area contributed by atoms with Crippen LogP contribution in [0.3, 0.4) is 0 Å². The molecule has 3 aliphatic rings. The molecular weight excluding hydrogens is 558 g/mol. The fraction of sp³-hybridized carbons (Fsp3) is 0.500. The van der Waals surface area contributed by atoms with Crippen molar-refractivity contribution in [2.45, 2.75) is 56.9 Å². The minimum Gasteiger partial charge on any atom is -0.494 e. The van der Waals surface area contributed by atoms with Crippen molar-refractivity contribution in [3.63, 3.8) is 0 Å². The summed E-state index contributed by atoms with van der Waals surface area (Å²) in [4.78, 5) is 57.2. The van der Waals surface area contributed by atoms with Crippen molar-refractivity contribution in [2.24, 2.45) is 0 Å². The van der Waals surface area contributed by atoms with E-state index in [1.54, 1.807) is 9.80 Å². The summed E-state index contributed by atoms with van der Waals surface area (Å²) < 4.78 is 33.6. The minimum atomic E-state index is -0.782. The van der Waals surface area contributed by atoms with Crippen molar-refractivity contribution >= 4 is 23.6 Å². The monoisotopic (exact) mass is 596 g/mol. The van der Waals surface area contributed by atoms with Crippen LogP contribution >= 0.6 is 0 Å². The number of benzene rings is 2. The number of fused-ring (bicyclic) bond motifs is 4. The summed E-state index contributed by atoms with van der Waals surface area (Å²) in [5.74, 6) is -2.09. The predicted octanol–water partition coefficient (Wildman–Crippen LogP) is 3.02. The summed E-state index contributed by atoms with van der Waals surface area (Å²) in [5.41, 5.74) is 0.983. The first-order chi connectivity index (χ1) is 20.8. The van der Waals surface area contributed by atoms with Gasteiger partial charge in [0.25, 0.3) is 0 Å². The molecule has 0 aliphatic carbocycles. The number of carbonyl (C=O) groups is 4. The summed E-state index contributed by atoms with van der Waals surface area (Å²) in [6.07, 6.45) is 4.11. The Balaban J connectivity index is 1.32. The van der Waals surface area contributed by atoms with Gasteiger partial charge < -0.3 is 24.8 Å². The molecule has 230 valence electrons. The third-order valence-corrected chi connectivity index (χ3v) is 8.44. The summed E-state index contributed by atoms with van der Waals surface area (Å²) >= 11 is 0. The highest BCUT2D eigenvalue weighted by atomic mass is 19.1. The molecule has 0 unspecified atom stereocenters. The van der Waals surface area contributed by atoms with E-state index in [0.717, 1.165) is 37.0 Å². The average Bonchev–Trinajstić information content (AvgIpc) is 3.29. The second-order valence-electron chi connectivity index (χ2n) is 11.6. The lowest BCUT2D eigenvalue weighted by atomic mass is 9.94. The van der Waals surface area contributed by atoms with E-state index in [1.165, 1.54) is 11.0 Å². The summed E-state index contributed by atoms with van der Waals surface area (Å²) in [5, 5.41) is 3.04. The Bertz CT molecular complexity index is 1350. The molecule has 43 heavy (non-hydrogen) atoms. The standard InChI is InChI=1S/C32H38F2N4O5/c33-24-11-10-23(27(34)17-24)16-31(41)38-18-26-22-7-6-8-25(15-22)43-14-5-4-13-36(20-29(39)35-28(26)19-38)32(42)21-37-12-3-1-2-9-30(37)40/h6-8,10-11,15,17,26,28H,1-5,9,12-14,16,18-21H2,(H,35,39)/t26-,28+/m1/s1. The molecule has 11 heteroatoms. The van der Waals surface area contributed by atoms with Crippen LogP contribution in [0.2, 0.25) is 0 Å². The largest absolute Gasteiger partial charge is 0.494 e. The highest BCUT2D eigenvalue weighted by Crippen LogP contribution is 2.31. The number of carbonyl (C=O) groups excluding carboxylic acids is 4. The van der Waals surface area contributed by atoms with Crippen LogP contribution in [0.4, 0.5) is 8.78 Å². The Kier molecular flexibility index (Phi) is 9.89. The Morgan fingerprint density at radius 3 is 2.58 bits per heavy atom. The topological polar surface area (TPSA) is 99.3 Å². The van der Waals surface area contributed by atoms with Gasteiger partial charge >= 0.3 is 0 Å². The van der Waals surface area contributed by atoms with Gasteiger partial charge in [-0.3, -0.25) is 19.2 Å². The number of ether oxygens (including phenoxy) is 1. The number of halogens is 2. The number of hydrogen-bond donors (Lipinski definition) is 1. The summed E-state index contributed by atoms with van der Waals surface area (Å²) in [6.45, 7) is 1.58. The van der Waals surface area contributed by atoms with Crippen molar-refractivity contribution in [1.82, 2.24) is 20.0 Å². The van der Waals surface area contributed by atoms with Crippen LogP contribution in [-0.2, 0) is 25.6 Å². The van der Waals surface area contributed by atoms with Gasteiger partial charge in [-0.1, -0.05) is 24.6 Å². The van der Waals surface area contributed by atoms with Crippen molar-refractivity contribution < 1.29 is 32.7 Å². The van der Waals surface area contributed by atoms with Gasteiger partial charge in [-0.15, -0.1) is 0 Å². The number of likely N-dealkylation sites (tertiary alicyclic amines) is 2. The molecule has 9 nitrogen and oxygen atoms in total. The zero-order valence-corrected chi connectivity index (χ0v) is 24.2. The Morgan fingerprint density at radius 2 is 1.74 bits per heavy atom. The van der Waals surface area contributed by atoms with Crippen LogP contribution < -0.4 is 10.1 Å². The molecule has 2 aromatic carbocycles. The molecule has 0 spiro atoms. The fourth-order valence-electron chi connectivity index (χ4n) is 6.05. The van der Waals surface area contributed by atoms with E-state index >= 15 is 0 Å². The van der Waals surface area contributed by atoms with Crippen LogP contribution in [0.5, 0.6) is 5.75 Å². The maximum Gasteiger partial charge on any atom is 0.242 e. The SMILES string of the molecule is O=C1CN(C(=O)CN2CCCCCC2=O)CCCCOc2cccc(c2)[C@H]2CN(C(=O)Cc3ccc(F)cc3F)C[C@@H]2N1. The molecule has 2 atom stereocenters. The van der Waals surface area contributed by atoms with E-state index in [9.17, 15) is 28.0 Å². The lowest BCUT2D eigenvalue weighted by molar-refractivity contribution is -0.142. The van der Waals surface area contributed by atoms with Gasteiger partial charge in [0, 0.05) is 44.6 Å². The first kappa shape index (κ1) is 30.4. The fourth-order valence-corrected chi connectivity index (χ4v) is 6.05. The molecule has 4 amide bonds. The van der Waals surface area contributed by atoms with Crippen LogP contribution in [0.1, 0.15) is 55.6 Å². The minimum absolute atomic E-state index is 0.0361. The normalized spacial score (nSPS) is 21.8. The third kappa shape index (κ3) is 7.88. The van der Waals surface area contributed by atoms with E-state index in [2.05, 4.69) is 5.32 Å². The summed E-state index contributed by atoms with van der Waals surface area (Å²) in [7, 11) is 0. The lowest BCUT2D eigenvalue weighted by Crippen LogP contribution is -2.49. The van der Waals surface area contributed by atoms with Gasteiger partial charge in [-0.25, -0.2) is 8.78 Å². The van der Waals surface area contributed by atoms with Gasteiger partial charge in [0.2, 0.25) is 23.6 Å². The molecule has 1 N–H and O–H groups in total. The molecule has 2 fully saturated rings. The van der Waals surface area contributed by atoms with Gasteiger partial charge in [0.05, 0.1) is 32.2 Å². The average molecular weight is 597 g/mol. The van der Waals surface area contributed by atoms with Crippen molar-refractivity contribution in [3.8, 4) is 5.75 Å². The third-order valence-electron chi connectivity index (χ3n) is 8.44. The van der Waals surface area contributed by atoms with Gasteiger partial charge in [0.1, 0.15) is 17.4 Å². The van der Waals surface area contributed by atoms with Crippen LogP contribution in [0.15, 0.2) is 42.5 Å². The molecule has 0 aromatic heterocycles. The zero-order chi connectivity index (χ0) is 30.3. The predicted molar refractivity (Wildman–Crippen MR) is 154 cm³/mol. The van der Waals surface area contributed by atoms with Crippen LogP contribution in [-0.4, -0.2) is 90.2 Å². The van der Waals surface area contributed by atoms with E-state index in [4.69, 9.17) is 4.74 Å². The Morgan fingerprint density at radius 1 is 0.907 bits per heavy atom.